The normalized spacial score (nSPS) is 21.1. The van der Waals surface area contributed by atoms with Crippen molar-refractivity contribution in [1.82, 2.24) is 29.9 Å². The number of anilines is 1. The van der Waals surface area contributed by atoms with E-state index >= 15 is 0 Å². The van der Waals surface area contributed by atoms with Gasteiger partial charge in [-0.1, -0.05) is 37.1 Å². The lowest BCUT2D eigenvalue weighted by Gasteiger charge is -2.29. The van der Waals surface area contributed by atoms with Crippen molar-refractivity contribution in [2.45, 2.75) is 37.8 Å². The van der Waals surface area contributed by atoms with Gasteiger partial charge in [0.2, 0.25) is 0 Å². The maximum atomic E-state index is 12.7. The molecule has 150 valence electrons. The highest BCUT2D eigenvalue weighted by Gasteiger charge is 2.42. The summed E-state index contributed by atoms with van der Waals surface area (Å²) in [6.07, 6.45) is 11.6. The van der Waals surface area contributed by atoms with Crippen LogP contribution in [0.2, 0.25) is 0 Å². The molecule has 0 spiro atoms. The quantitative estimate of drug-likeness (QED) is 0.550. The molecule has 1 aliphatic carbocycles. The highest BCUT2D eigenvalue weighted by Crippen LogP contribution is 2.32. The van der Waals surface area contributed by atoms with Crippen LogP contribution in [0.5, 0.6) is 0 Å². The lowest BCUT2D eigenvalue weighted by Crippen LogP contribution is -2.39. The third-order valence-corrected chi connectivity index (χ3v) is 6.16. The highest BCUT2D eigenvalue weighted by molar-refractivity contribution is 5.95. The average molecular weight is 399 g/mol. The van der Waals surface area contributed by atoms with Crippen LogP contribution in [0.25, 0.3) is 28.2 Å². The second-order valence-electron chi connectivity index (χ2n) is 7.91. The van der Waals surface area contributed by atoms with Crippen LogP contribution in [0.15, 0.2) is 55.1 Å². The summed E-state index contributed by atoms with van der Waals surface area (Å²) in [4.78, 5) is 26.8. The van der Waals surface area contributed by atoms with Crippen LogP contribution in [0.3, 0.4) is 0 Å². The number of fused-ring (bicyclic) bond motifs is 2. The molecule has 3 aromatic heterocycles. The third kappa shape index (κ3) is 2.67. The van der Waals surface area contributed by atoms with Crippen molar-refractivity contribution in [2.24, 2.45) is 0 Å². The van der Waals surface area contributed by atoms with Crippen LogP contribution >= 0.6 is 0 Å². The number of imidazole rings is 1. The van der Waals surface area contributed by atoms with Gasteiger partial charge in [0, 0.05) is 29.7 Å². The van der Waals surface area contributed by atoms with Gasteiger partial charge in [-0.25, -0.2) is 19.3 Å². The summed E-state index contributed by atoms with van der Waals surface area (Å²) < 4.78 is 1.76. The first-order valence-electron chi connectivity index (χ1n) is 10.3. The molecule has 1 aromatic carbocycles. The van der Waals surface area contributed by atoms with Gasteiger partial charge in [-0.3, -0.25) is 4.90 Å². The Hall–Kier alpha value is -3.68. The SMILES string of the molecule is O=C1N[C@H]2CCCC[C@@H]2N1c1ccn2ncc(-c3ccc(-c4ncc[nH]4)cc3)c2n1. The number of H-pyrrole nitrogens is 1. The monoisotopic (exact) mass is 399 g/mol. The molecule has 1 saturated heterocycles. The Labute approximate surface area is 173 Å². The van der Waals surface area contributed by atoms with Crippen LogP contribution in [0.4, 0.5) is 10.6 Å². The van der Waals surface area contributed by atoms with Crippen molar-refractivity contribution in [3.05, 3.63) is 55.1 Å². The molecule has 0 unspecified atom stereocenters. The van der Waals surface area contributed by atoms with Gasteiger partial charge in [-0.05, 0) is 24.5 Å². The molecule has 1 aliphatic heterocycles. The van der Waals surface area contributed by atoms with Crippen molar-refractivity contribution in [1.29, 1.82) is 0 Å². The minimum atomic E-state index is -0.0485. The molecule has 2 aliphatic rings. The van der Waals surface area contributed by atoms with Gasteiger partial charge in [-0.2, -0.15) is 5.10 Å². The molecule has 30 heavy (non-hydrogen) atoms. The Morgan fingerprint density at radius 1 is 1.03 bits per heavy atom. The van der Waals surface area contributed by atoms with Gasteiger partial charge in [0.15, 0.2) is 5.65 Å². The summed E-state index contributed by atoms with van der Waals surface area (Å²) in [6, 6.07) is 10.4. The zero-order valence-corrected chi connectivity index (χ0v) is 16.3. The molecule has 0 radical (unpaired) electrons. The first-order valence-corrected chi connectivity index (χ1v) is 10.3. The molecule has 0 bridgehead atoms. The van der Waals surface area contributed by atoms with Crippen molar-refractivity contribution >= 4 is 17.5 Å². The van der Waals surface area contributed by atoms with Crippen LogP contribution in [-0.2, 0) is 0 Å². The van der Waals surface area contributed by atoms with E-state index in [9.17, 15) is 4.79 Å². The molecule has 8 nitrogen and oxygen atoms in total. The summed E-state index contributed by atoms with van der Waals surface area (Å²) in [7, 11) is 0. The minimum Gasteiger partial charge on any atom is -0.345 e. The number of aromatic amines is 1. The van der Waals surface area contributed by atoms with Crippen molar-refractivity contribution in [3.63, 3.8) is 0 Å². The maximum absolute atomic E-state index is 12.7. The minimum absolute atomic E-state index is 0.0485. The first-order chi connectivity index (χ1) is 14.8. The van der Waals surface area contributed by atoms with E-state index < -0.39 is 0 Å². The van der Waals surface area contributed by atoms with E-state index in [0.717, 1.165) is 47.4 Å². The average Bonchev–Trinajstić information content (AvgIpc) is 3.51. The molecular weight excluding hydrogens is 378 g/mol. The van der Waals surface area contributed by atoms with Gasteiger partial charge >= 0.3 is 6.03 Å². The number of rotatable bonds is 3. The predicted molar refractivity (Wildman–Crippen MR) is 113 cm³/mol. The van der Waals surface area contributed by atoms with E-state index in [1.165, 1.54) is 6.42 Å². The van der Waals surface area contributed by atoms with E-state index in [1.54, 1.807) is 10.7 Å². The molecule has 1 saturated carbocycles. The topological polar surface area (TPSA) is 91.2 Å². The smallest absolute Gasteiger partial charge is 0.323 e. The maximum Gasteiger partial charge on any atom is 0.323 e. The number of benzene rings is 1. The van der Waals surface area contributed by atoms with Crippen molar-refractivity contribution < 1.29 is 4.79 Å². The summed E-state index contributed by atoms with van der Waals surface area (Å²) >= 11 is 0. The van der Waals surface area contributed by atoms with Gasteiger partial charge < -0.3 is 10.3 Å². The van der Waals surface area contributed by atoms with Crippen LogP contribution in [0, 0.1) is 0 Å². The molecule has 4 heterocycles. The predicted octanol–water partition coefficient (Wildman–Crippen LogP) is 3.63. The number of carbonyl (C=O) groups excluding carboxylic acids is 1. The molecule has 4 aromatic rings. The fraction of sp³-hybridized carbons (Fsp3) is 0.273. The van der Waals surface area contributed by atoms with Crippen LogP contribution < -0.4 is 10.2 Å². The van der Waals surface area contributed by atoms with E-state index in [4.69, 9.17) is 4.98 Å². The number of nitrogens with one attached hydrogen (secondary N) is 2. The summed E-state index contributed by atoms with van der Waals surface area (Å²) in [5.41, 5.74) is 3.71. The number of carbonyl (C=O) groups is 1. The van der Waals surface area contributed by atoms with Crippen LogP contribution in [-0.4, -0.2) is 42.7 Å². The zero-order valence-electron chi connectivity index (χ0n) is 16.3. The summed E-state index contributed by atoms with van der Waals surface area (Å²) in [5.74, 6) is 1.52. The van der Waals surface area contributed by atoms with E-state index in [0.29, 0.717) is 5.82 Å². The highest BCUT2D eigenvalue weighted by atomic mass is 16.2. The molecule has 2 fully saturated rings. The largest absolute Gasteiger partial charge is 0.345 e. The molecule has 2 amide bonds. The Morgan fingerprint density at radius 3 is 2.70 bits per heavy atom. The first kappa shape index (κ1) is 17.2. The lowest BCUT2D eigenvalue weighted by atomic mass is 9.91. The Balaban J connectivity index is 1.38. The number of hydrogen-bond acceptors (Lipinski definition) is 4. The fourth-order valence-electron chi connectivity index (χ4n) is 4.67. The Bertz CT molecular complexity index is 1210. The number of amides is 2. The molecule has 8 heteroatoms. The van der Waals surface area contributed by atoms with Gasteiger partial charge in [0.05, 0.1) is 18.3 Å². The van der Waals surface area contributed by atoms with Crippen LogP contribution in [0.1, 0.15) is 25.7 Å². The van der Waals surface area contributed by atoms with Gasteiger partial charge in [0.1, 0.15) is 11.6 Å². The Morgan fingerprint density at radius 2 is 1.87 bits per heavy atom. The van der Waals surface area contributed by atoms with E-state index in [2.05, 4.69) is 20.4 Å². The molecular formula is C22H21N7O. The van der Waals surface area contributed by atoms with Crippen molar-refractivity contribution in [2.75, 3.05) is 4.90 Å². The number of aromatic nitrogens is 5. The number of nitrogens with zero attached hydrogens (tertiary/aromatic N) is 5. The summed E-state index contributed by atoms with van der Waals surface area (Å²) in [5, 5.41) is 7.58. The second-order valence-corrected chi connectivity index (χ2v) is 7.91. The van der Waals surface area contributed by atoms with Crippen molar-refractivity contribution in [3.8, 4) is 22.5 Å². The number of urea groups is 1. The number of hydrogen-bond donors (Lipinski definition) is 2. The summed E-state index contributed by atoms with van der Waals surface area (Å²) in [6.45, 7) is 0. The third-order valence-electron chi connectivity index (χ3n) is 6.16. The van der Waals surface area contributed by atoms with E-state index in [-0.39, 0.29) is 18.1 Å². The Kier molecular flexibility index (Phi) is 3.83. The molecule has 2 atom stereocenters. The van der Waals surface area contributed by atoms with E-state index in [1.807, 2.05) is 53.8 Å². The van der Waals surface area contributed by atoms with Gasteiger partial charge in [0.25, 0.3) is 0 Å². The standard InChI is InChI=1S/C22H21N7O/c30-22-26-17-3-1-2-4-18(17)29(22)19-9-12-28-21(27-19)16(13-25-28)14-5-7-15(8-6-14)20-23-10-11-24-20/h5-13,17-18H,1-4H2,(H,23,24)(H,26,30)/t17-,18-/m0/s1. The lowest BCUT2D eigenvalue weighted by molar-refractivity contribution is 0.250. The molecule has 2 N–H and O–H groups in total. The fourth-order valence-corrected chi connectivity index (χ4v) is 4.67. The van der Waals surface area contributed by atoms with Gasteiger partial charge in [-0.15, -0.1) is 0 Å². The zero-order chi connectivity index (χ0) is 20.1. The molecule has 6 rings (SSSR count). The second kappa shape index (κ2) is 6.69.